The van der Waals surface area contributed by atoms with E-state index in [-0.39, 0.29) is 6.04 Å². The molecule has 0 spiro atoms. The van der Waals surface area contributed by atoms with Gasteiger partial charge in [-0.05, 0) is 25.3 Å². The van der Waals surface area contributed by atoms with E-state index in [1.54, 1.807) is 0 Å². The summed E-state index contributed by atoms with van der Waals surface area (Å²) in [6.45, 7) is 5.27. The fourth-order valence-corrected chi connectivity index (χ4v) is 1.53. The highest BCUT2D eigenvalue weighted by Gasteiger charge is 2.01. The van der Waals surface area contributed by atoms with E-state index in [2.05, 4.69) is 18.2 Å². The summed E-state index contributed by atoms with van der Waals surface area (Å²) in [5.41, 5.74) is 6.97. The summed E-state index contributed by atoms with van der Waals surface area (Å²) in [6, 6.07) is 0.225. The maximum Gasteiger partial charge on any atom is 0.0522 e. The summed E-state index contributed by atoms with van der Waals surface area (Å²) >= 11 is 0. The third kappa shape index (κ3) is 3.92. The second-order valence-corrected chi connectivity index (χ2v) is 4.00. The summed E-state index contributed by atoms with van der Waals surface area (Å²) in [5.74, 6) is 0. The minimum atomic E-state index is 0.225. The molecule has 0 amide bonds. The predicted molar refractivity (Wildman–Crippen MR) is 59.1 cm³/mol. The summed E-state index contributed by atoms with van der Waals surface area (Å²) in [6.07, 6.45) is 8.72. The zero-order valence-electron chi connectivity index (χ0n) is 9.24. The SMILES string of the molecule is CCCCCn1cc(CC(C)N)cn1. The van der Waals surface area contributed by atoms with Gasteiger partial charge < -0.3 is 5.73 Å². The van der Waals surface area contributed by atoms with Crippen molar-refractivity contribution in [1.82, 2.24) is 9.78 Å². The molecule has 0 radical (unpaired) electrons. The molecule has 0 bridgehead atoms. The molecule has 0 aliphatic carbocycles. The molecule has 0 saturated carbocycles. The van der Waals surface area contributed by atoms with Gasteiger partial charge in [0.15, 0.2) is 0 Å². The number of nitrogens with zero attached hydrogens (tertiary/aromatic N) is 2. The van der Waals surface area contributed by atoms with E-state index in [9.17, 15) is 0 Å². The number of unbranched alkanes of at least 4 members (excludes halogenated alkanes) is 2. The summed E-state index contributed by atoms with van der Waals surface area (Å²) in [7, 11) is 0. The Morgan fingerprint density at radius 3 is 2.93 bits per heavy atom. The first-order valence-electron chi connectivity index (χ1n) is 5.49. The summed E-state index contributed by atoms with van der Waals surface area (Å²) in [5, 5.41) is 4.30. The Morgan fingerprint density at radius 1 is 1.50 bits per heavy atom. The molecule has 14 heavy (non-hydrogen) atoms. The van der Waals surface area contributed by atoms with Gasteiger partial charge in [-0.1, -0.05) is 19.8 Å². The second-order valence-electron chi connectivity index (χ2n) is 4.00. The topological polar surface area (TPSA) is 43.8 Å². The van der Waals surface area contributed by atoms with Gasteiger partial charge in [0.25, 0.3) is 0 Å². The third-order valence-electron chi connectivity index (χ3n) is 2.24. The van der Waals surface area contributed by atoms with Crippen LogP contribution in [0, 0.1) is 0 Å². The van der Waals surface area contributed by atoms with Crippen LogP contribution in [0.3, 0.4) is 0 Å². The average molecular weight is 195 g/mol. The lowest BCUT2D eigenvalue weighted by molar-refractivity contribution is 0.552. The molecule has 0 fully saturated rings. The van der Waals surface area contributed by atoms with Gasteiger partial charge in [-0.15, -0.1) is 0 Å². The normalized spacial score (nSPS) is 13.1. The van der Waals surface area contributed by atoms with E-state index in [1.807, 2.05) is 17.8 Å². The van der Waals surface area contributed by atoms with Gasteiger partial charge in [-0.25, -0.2) is 0 Å². The molecule has 80 valence electrons. The maximum atomic E-state index is 5.72. The molecule has 1 heterocycles. The molecule has 1 unspecified atom stereocenters. The standard InChI is InChI=1S/C11H21N3/c1-3-4-5-6-14-9-11(8-13-14)7-10(2)12/h8-10H,3-7,12H2,1-2H3. The fraction of sp³-hybridized carbons (Fsp3) is 0.727. The zero-order chi connectivity index (χ0) is 10.4. The molecule has 2 N–H and O–H groups in total. The number of rotatable bonds is 6. The highest BCUT2D eigenvalue weighted by Crippen LogP contribution is 2.03. The number of aryl methyl sites for hydroxylation is 1. The molecule has 1 atom stereocenters. The molecule has 0 aliphatic heterocycles. The Labute approximate surface area is 86.3 Å². The molecule has 3 heteroatoms. The van der Waals surface area contributed by atoms with Crippen LogP contribution < -0.4 is 5.73 Å². The van der Waals surface area contributed by atoms with E-state index in [4.69, 9.17) is 5.73 Å². The van der Waals surface area contributed by atoms with Crippen molar-refractivity contribution >= 4 is 0 Å². The molecule has 1 aromatic rings. The highest BCUT2D eigenvalue weighted by atomic mass is 15.3. The third-order valence-corrected chi connectivity index (χ3v) is 2.24. The van der Waals surface area contributed by atoms with Crippen molar-refractivity contribution in [3.63, 3.8) is 0 Å². The quantitative estimate of drug-likeness (QED) is 0.705. The van der Waals surface area contributed by atoms with Gasteiger partial charge in [0.1, 0.15) is 0 Å². The van der Waals surface area contributed by atoms with Crippen LogP contribution in [-0.4, -0.2) is 15.8 Å². The van der Waals surface area contributed by atoms with Crippen molar-refractivity contribution in [2.75, 3.05) is 0 Å². The van der Waals surface area contributed by atoms with Crippen molar-refractivity contribution in [2.45, 2.75) is 52.1 Å². The Balaban J connectivity index is 2.35. The van der Waals surface area contributed by atoms with E-state index in [0.717, 1.165) is 13.0 Å². The predicted octanol–water partition coefficient (Wildman–Crippen LogP) is 1.96. The Hall–Kier alpha value is -0.830. The Bertz CT molecular complexity index is 253. The number of nitrogens with two attached hydrogens (primary N) is 1. The van der Waals surface area contributed by atoms with Crippen molar-refractivity contribution in [2.24, 2.45) is 5.73 Å². The van der Waals surface area contributed by atoms with Crippen LogP contribution in [0.15, 0.2) is 12.4 Å². The molecule has 1 aromatic heterocycles. The highest BCUT2D eigenvalue weighted by molar-refractivity contribution is 5.05. The van der Waals surface area contributed by atoms with Crippen LogP contribution in [0.4, 0.5) is 0 Å². The minimum Gasteiger partial charge on any atom is -0.328 e. The van der Waals surface area contributed by atoms with E-state index >= 15 is 0 Å². The lowest BCUT2D eigenvalue weighted by atomic mass is 10.1. The summed E-state index contributed by atoms with van der Waals surface area (Å²) in [4.78, 5) is 0. The van der Waals surface area contributed by atoms with Crippen molar-refractivity contribution in [3.8, 4) is 0 Å². The van der Waals surface area contributed by atoms with Gasteiger partial charge in [-0.2, -0.15) is 5.10 Å². The van der Waals surface area contributed by atoms with Crippen LogP contribution >= 0.6 is 0 Å². The summed E-state index contributed by atoms with van der Waals surface area (Å²) < 4.78 is 2.02. The molecule has 0 aromatic carbocycles. The van der Waals surface area contributed by atoms with Crippen LogP contribution in [0.2, 0.25) is 0 Å². The van der Waals surface area contributed by atoms with Gasteiger partial charge in [-0.3, -0.25) is 4.68 Å². The monoisotopic (exact) mass is 195 g/mol. The van der Waals surface area contributed by atoms with Gasteiger partial charge in [0.2, 0.25) is 0 Å². The van der Waals surface area contributed by atoms with Gasteiger partial charge in [0.05, 0.1) is 6.20 Å². The van der Waals surface area contributed by atoms with Crippen molar-refractivity contribution in [1.29, 1.82) is 0 Å². The molecule has 0 aliphatic rings. The Morgan fingerprint density at radius 2 is 2.29 bits per heavy atom. The zero-order valence-corrected chi connectivity index (χ0v) is 9.24. The Kier molecular flexibility index (Phi) is 4.66. The first kappa shape index (κ1) is 11.2. The van der Waals surface area contributed by atoms with Crippen LogP contribution in [0.5, 0.6) is 0 Å². The second kappa shape index (κ2) is 5.81. The van der Waals surface area contributed by atoms with Crippen molar-refractivity contribution in [3.05, 3.63) is 18.0 Å². The molecular weight excluding hydrogens is 174 g/mol. The number of aromatic nitrogens is 2. The minimum absolute atomic E-state index is 0.225. The average Bonchev–Trinajstić information content (AvgIpc) is 2.52. The van der Waals surface area contributed by atoms with E-state index in [0.29, 0.717) is 0 Å². The molecule has 3 nitrogen and oxygen atoms in total. The molecule has 0 saturated heterocycles. The van der Waals surface area contributed by atoms with Gasteiger partial charge >= 0.3 is 0 Å². The lowest BCUT2D eigenvalue weighted by Gasteiger charge is -2.01. The molecule has 1 rings (SSSR count). The van der Waals surface area contributed by atoms with E-state index < -0.39 is 0 Å². The van der Waals surface area contributed by atoms with E-state index in [1.165, 1.54) is 24.8 Å². The smallest absolute Gasteiger partial charge is 0.0522 e. The maximum absolute atomic E-state index is 5.72. The van der Waals surface area contributed by atoms with Crippen LogP contribution in [-0.2, 0) is 13.0 Å². The van der Waals surface area contributed by atoms with Crippen molar-refractivity contribution < 1.29 is 0 Å². The first-order valence-corrected chi connectivity index (χ1v) is 5.49. The van der Waals surface area contributed by atoms with Crippen LogP contribution in [0.25, 0.3) is 0 Å². The number of hydrogen-bond donors (Lipinski definition) is 1. The first-order chi connectivity index (χ1) is 6.72. The molecular formula is C11H21N3. The van der Waals surface area contributed by atoms with Crippen LogP contribution in [0.1, 0.15) is 38.7 Å². The lowest BCUT2D eigenvalue weighted by Crippen LogP contribution is -2.17. The largest absolute Gasteiger partial charge is 0.328 e. The fourth-order valence-electron chi connectivity index (χ4n) is 1.53. The number of hydrogen-bond acceptors (Lipinski definition) is 2. The van der Waals surface area contributed by atoms with Gasteiger partial charge in [0, 0.05) is 18.8 Å².